The number of carbonyl (C=O) groups is 1. The molecule has 0 aliphatic heterocycles. The number of pyridine rings is 1. The number of rotatable bonds is 4. The van der Waals surface area contributed by atoms with Crippen LogP contribution in [0, 0.1) is 6.92 Å². The van der Waals surface area contributed by atoms with Crippen LogP contribution in [0.3, 0.4) is 0 Å². The molecule has 0 spiro atoms. The normalized spacial score (nSPS) is 12.5. The second-order valence-corrected chi connectivity index (χ2v) is 6.58. The number of carbonyl (C=O) groups excluding carboxylic acids is 1. The molecule has 2 aromatic carbocycles. The second-order valence-electron chi connectivity index (χ2n) is 6.58. The Balaban J connectivity index is 1.70. The van der Waals surface area contributed by atoms with E-state index in [2.05, 4.69) is 10.3 Å². The van der Waals surface area contributed by atoms with Gasteiger partial charge in [0.1, 0.15) is 0 Å². The number of halogens is 3. The van der Waals surface area contributed by atoms with Gasteiger partial charge in [-0.3, -0.25) is 9.78 Å². The lowest BCUT2D eigenvalue weighted by atomic mass is 10.0. The molecule has 3 aromatic rings. The lowest BCUT2D eigenvalue weighted by Gasteiger charge is -2.16. The van der Waals surface area contributed by atoms with Crippen LogP contribution in [-0.4, -0.2) is 10.9 Å². The predicted molar refractivity (Wildman–Crippen MR) is 102 cm³/mol. The molecule has 6 heteroatoms. The molecule has 3 nitrogen and oxygen atoms in total. The molecule has 0 saturated carbocycles. The van der Waals surface area contributed by atoms with Crippen LogP contribution in [0.15, 0.2) is 67.0 Å². The minimum absolute atomic E-state index is 0.287. The Morgan fingerprint density at radius 2 is 1.64 bits per heavy atom. The summed E-state index contributed by atoms with van der Waals surface area (Å²) in [6.07, 6.45) is -0.879. The van der Waals surface area contributed by atoms with Crippen molar-refractivity contribution in [1.82, 2.24) is 10.3 Å². The van der Waals surface area contributed by atoms with Crippen LogP contribution in [0.25, 0.3) is 11.1 Å². The second kappa shape index (κ2) is 7.84. The number of aromatic nitrogens is 1. The fourth-order valence-electron chi connectivity index (χ4n) is 2.92. The molecule has 1 amide bonds. The highest BCUT2D eigenvalue weighted by molar-refractivity contribution is 5.95. The minimum atomic E-state index is -4.38. The highest BCUT2D eigenvalue weighted by atomic mass is 19.4. The fraction of sp³-hybridized carbons (Fsp3) is 0.182. The first-order chi connectivity index (χ1) is 13.3. The van der Waals surface area contributed by atoms with Crippen LogP contribution in [0.4, 0.5) is 13.2 Å². The fourth-order valence-corrected chi connectivity index (χ4v) is 2.92. The van der Waals surface area contributed by atoms with Gasteiger partial charge in [0.25, 0.3) is 5.91 Å². The van der Waals surface area contributed by atoms with Crippen LogP contribution in [0.5, 0.6) is 0 Å². The zero-order valence-corrected chi connectivity index (χ0v) is 15.4. The number of hydrogen-bond donors (Lipinski definition) is 1. The van der Waals surface area contributed by atoms with Gasteiger partial charge in [0.2, 0.25) is 0 Å². The third-order valence-electron chi connectivity index (χ3n) is 4.56. The molecule has 0 radical (unpaired) electrons. The van der Waals surface area contributed by atoms with E-state index < -0.39 is 17.8 Å². The summed E-state index contributed by atoms with van der Waals surface area (Å²) < 4.78 is 38.0. The van der Waals surface area contributed by atoms with Gasteiger partial charge in [-0.2, -0.15) is 13.2 Å². The van der Waals surface area contributed by atoms with E-state index in [0.717, 1.165) is 28.8 Å². The standard InChI is InChI=1S/C22H19F3N2O/c1-14-13-26-12-11-20(14)17-3-5-18(6-4-17)21(28)27-15(2)16-7-9-19(10-8-16)22(23,24)25/h3-13,15H,1-2H3,(H,27,28). The Bertz CT molecular complexity index is 964. The van der Waals surface area contributed by atoms with Crippen molar-refractivity contribution < 1.29 is 18.0 Å². The maximum Gasteiger partial charge on any atom is 0.416 e. The first-order valence-electron chi connectivity index (χ1n) is 8.75. The van der Waals surface area contributed by atoms with Gasteiger partial charge in [-0.25, -0.2) is 0 Å². The molecule has 28 heavy (non-hydrogen) atoms. The number of nitrogens with zero attached hydrogens (tertiary/aromatic N) is 1. The maximum absolute atomic E-state index is 12.7. The van der Waals surface area contributed by atoms with Gasteiger partial charge >= 0.3 is 6.18 Å². The lowest BCUT2D eigenvalue weighted by molar-refractivity contribution is -0.137. The van der Waals surface area contributed by atoms with Gasteiger partial charge in [0.05, 0.1) is 11.6 Å². The van der Waals surface area contributed by atoms with Crippen LogP contribution in [-0.2, 0) is 6.18 Å². The monoisotopic (exact) mass is 384 g/mol. The van der Waals surface area contributed by atoms with Crippen molar-refractivity contribution in [3.63, 3.8) is 0 Å². The average molecular weight is 384 g/mol. The lowest BCUT2D eigenvalue weighted by Crippen LogP contribution is -2.26. The number of amides is 1. The number of nitrogens with one attached hydrogen (secondary N) is 1. The summed E-state index contributed by atoms with van der Waals surface area (Å²) in [4.78, 5) is 16.5. The van der Waals surface area contributed by atoms with Gasteiger partial charge in [0, 0.05) is 18.0 Å². The van der Waals surface area contributed by atoms with Crippen molar-refractivity contribution in [2.24, 2.45) is 0 Å². The van der Waals surface area contributed by atoms with Crippen LogP contribution >= 0.6 is 0 Å². The highest BCUT2D eigenvalue weighted by Crippen LogP contribution is 2.30. The van der Waals surface area contributed by atoms with Crippen molar-refractivity contribution in [2.75, 3.05) is 0 Å². The summed E-state index contributed by atoms with van der Waals surface area (Å²) >= 11 is 0. The molecular formula is C22H19F3N2O. The van der Waals surface area contributed by atoms with Crippen molar-refractivity contribution in [3.05, 3.63) is 89.2 Å². The van der Waals surface area contributed by atoms with Gasteiger partial charge in [0.15, 0.2) is 0 Å². The average Bonchev–Trinajstić information content (AvgIpc) is 2.68. The highest BCUT2D eigenvalue weighted by Gasteiger charge is 2.30. The molecular weight excluding hydrogens is 365 g/mol. The van der Waals surface area contributed by atoms with E-state index in [1.54, 1.807) is 31.5 Å². The van der Waals surface area contributed by atoms with Gasteiger partial charge in [-0.1, -0.05) is 24.3 Å². The molecule has 1 N–H and O–H groups in total. The largest absolute Gasteiger partial charge is 0.416 e. The van der Waals surface area contributed by atoms with E-state index >= 15 is 0 Å². The number of hydrogen-bond acceptors (Lipinski definition) is 2. The summed E-state index contributed by atoms with van der Waals surface area (Å²) in [5, 5.41) is 2.81. The minimum Gasteiger partial charge on any atom is -0.346 e. The first kappa shape index (κ1) is 19.6. The van der Waals surface area contributed by atoms with Crippen molar-refractivity contribution >= 4 is 5.91 Å². The zero-order valence-electron chi connectivity index (χ0n) is 15.4. The number of benzene rings is 2. The van der Waals surface area contributed by atoms with E-state index in [9.17, 15) is 18.0 Å². The summed E-state index contributed by atoms with van der Waals surface area (Å²) in [6.45, 7) is 3.70. The molecule has 0 bridgehead atoms. The first-order valence-corrected chi connectivity index (χ1v) is 8.75. The molecule has 0 aliphatic rings. The zero-order chi connectivity index (χ0) is 20.3. The van der Waals surface area contributed by atoms with Crippen LogP contribution in [0.2, 0.25) is 0 Å². The topological polar surface area (TPSA) is 42.0 Å². The van der Waals surface area contributed by atoms with Gasteiger partial charge in [-0.15, -0.1) is 0 Å². The summed E-state index contributed by atoms with van der Waals surface area (Å²) in [5.74, 6) is -0.287. The maximum atomic E-state index is 12.7. The molecule has 3 rings (SSSR count). The Morgan fingerprint density at radius 3 is 2.21 bits per heavy atom. The molecule has 144 valence electrons. The molecule has 0 saturated heterocycles. The number of aryl methyl sites for hydroxylation is 1. The predicted octanol–water partition coefficient (Wildman–Crippen LogP) is 5.57. The summed E-state index contributed by atoms with van der Waals surface area (Å²) in [5.41, 5.74) is 3.43. The van der Waals surface area contributed by atoms with Crippen molar-refractivity contribution in [3.8, 4) is 11.1 Å². The van der Waals surface area contributed by atoms with E-state index in [1.165, 1.54) is 12.1 Å². The quantitative estimate of drug-likeness (QED) is 0.639. The summed E-state index contributed by atoms with van der Waals surface area (Å²) in [6, 6.07) is 13.5. The molecule has 0 aliphatic carbocycles. The molecule has 1 unspecified atom stereocenters. The summed E-state index contributed by atoms with van der Waals surface area (Å²) in [7, 11) is 0. The van der Waals surface area contributed by atoms with E-state index in [4.69, 9.17) is 0 Å². The van der Waals surface area contributed by atoms with Gasteiger partial charge in [-0.05, 0) is 66.4 Å². The smallest absolute Gasteiger partial charge is 0.346 e. The molecule has 1 heterocycles. The molecule has 1 aromatic heterocycles. The SMILES string of the molecule is Cc1cnccc1-c1ccc(C(=O)NC(C)c2ccc(C(F)(F)F)cc2)cc1. The van der Waals surface area contributed by atoms with Crippen LogP contribution < -0.4 is 5.32 Å². The molecule has 1 atom stereocenters. The Morgan fingerprint density at radius 1 is 1.00 bits per heavy atom. The van der Waals surface area contributed by atoms with E-state index in [1.807, 2.05) is 25.1 Å². The third-order valence-corrected chi connectivity index (χ3v) is 4.56. The van der Waals surface area contributed by atoms with Crippen molar-refractivity contribution in [1.29, 1.82) is 0 Å². The van der Waals surface area contributed by atoms with E-state index in [0.29, 0.717) is 11.1 Å². The Kier molecular flexibility index (Phi) is 5.49. The number of alkyl halides is 3. The van der Waals surface area contributed by atoms with Gasteiger partial charge < -0.3 is 5.32 Å². The van der Waals surface area contributed by atoms with Crippen molar-refractivity contribution in [2.45, 2.75) is 26.1 Å². The third kappa shape index (κ3) is 4.39. The molecule has 0 fully saturated rings. The van der Waals surface area contributed by atoms with E-state index in [-0.39, 0.29) is 5.91 Å². The van der Waals surface area contributed by atoms with Crippen LogP contribution in [0.1, 0.15) is 40.0 Å². The Labute approximate surface area is 161 Å². The Hall–Kier alpha value is -3.15.